The number of allylic oxidation sites excluding steroid dienone is 1. The summed E-state index contributed by atoms with van der Waals surface area (Å²) in [4.78, 5) is 0. The van der Waals surface area contributed by atoms with Crippen molar-refractivity contribution in [3.8, 4) is 0 Å². The van der Waals surface area contributed by atoms with Crippen molar-refractivity contribution in [2.75, 3.05) is 0 Å². The molecule has 1 heteroatoms. The fourth-order valence-electron chi connectivity index (χ4n) is 1.43. The summed E-state index contributed by atoms with van der Waals surface area (Å²) in [6, 6.07) is 10.5. The second-order valence-electron chi connectivity index (χ2n) is 2.81. The maximum atomic E-state index is 2.30. The summed E-state index contributed by atoms with van der Waals surface area (Å²) in [5.41, 5.74) is 2.76. The second kappa shape index (κ2) is 2.95. The van der Waals surface area contributed by atoms with Crippen LogP contribution in [0.15, 0.2) is 36.4 Å². The molecule has 0 aliphatic carbocycles. The smallest absolute Gasteiger partial charge is 0.0909 e. The molecule has 1 aliphatic rings. The fraction of sp³-hybridized carbons (Fsp3) is 0.200. The van der Waals surface area contributed by atoms with Gasteiger partial charge in [0, 0.05) is 0 Å². The van der Waals surface area contributed by atoms with E-state index in [1.165, 1.54) is 23.8 Å². The first-order valence-electron chi connectivity index (χ1n) is 4.05. The van der Waals surface area contributed by atoms with Gasteiger partial charge in [-0.2, -0.15) is 0 Å². The molecule has 0 unspecified atom stereocenters. The molecule has 0 spiro atoms. The highest BCUT2D eigenvalue weighted by Gasteiger charge is 2.06. The monoisotopic (exact) mass is 141 g/mol. The van der Waals surface area contributed by atoms with Crippen molar-refractivity contribution < 1.29 is 0 Å². The lowest BCUT2D eigenvalue weighted by molar-refractivity contribution is 1.24. The van der Waals surface area contributed by atoms with Crippen molar-refractivity contribution in [3.63, 3.8) is 0 Å². The summed E-state index contributed by atoms with van der Waals surface area (Å²) in [7, 11) is 2.30. The van der Waals surface area contributed by atoms with Crippen molar-refractivity contribution in [1.29, 1.82) is 0 Å². The van der Waals surface area contributed by atoms with Crippen LogP contribution in [0.5, 0.6) is 0 Å². The lowest BCUT2D eigenvalue weighted by atomic mass is 9.68. The largest absolute Gasteiger partial charge is 0.152 e. The predicted molar refractivity (Wildman–Crippen MR) is 49.6 cm³/mol. The highest BCUT2D eigenvalue weighted by atomic mass is 14.0. The Hall–Kier alpha value is -0.975. The van der Waals surface area contributed by atoms with Gasteiger partial charge in [0.15, 0.2) is 7.28 Å². The molecule has 0 saturated heterocycles. The van der Waals surface area contributed by atoms with Crippen LogP contribution < -0.4 is 0 Å². The zero-order valence-electron chi connectivity index (χ0n) is 6.46. The van der Waals surface area contributed by atoms with E-state index in [2.05, 4.69) is 43.7 Å². The van der Waals surface area contributed by atoms with Crippen LogP contribution in [-0.4, -0.2) is 7.28 Å². The standard InChI is InChI=1S/C10H10B/c1-2-5-9(6-3-1)10-7-4-8-11-10/h1-3,5-7H,4,8H2. The molecule has 0 amide bonds. The van der Waals surface area contributed by atoms with E-state index >= 15 is 0 Å². The van der Waals surface area contributed by atoms with E-state index in [0.29, 0.717) is 0 Å². The highest BCUT2D eigenvalue weighted by molar-refractivity contribution is 6.62. The summed E-state index contributed by atoms with van der Waals surface area (Å²) in [5.74, 6) is 0. The van der Waals surface area contributed by atoms with E-state index in [1.807, 2.05) is 0 Å². The Kier molecular flexibility index (Phi) is 1.80. The molecule has 1 aromatic rings. The van der Waals surface area contributed by atoms with E-state index in [9.17, 15) is 0 Å². The molecular formula is C10H10B. The summed E-state index contributed by atoms with van der Waals surface area (Å²) >= 11 is 0. The van der Waals surface area contributed by atoms with Gasteiger partial charge in [-0.3, -0.25) is 0 Å². The Morgan fingerprint density at radius 3 is 2.55 bits per heavy atom. The minimum Gasteiger partial charge on any atom is -0.0909 e. The van der Waals surface area contributed by atoms with E-state index in [0.717, 1.165) is 0 Å². The summed E-state index contributed by atoms with van der Waals surface area (Å²) < 4.78 is 0. The van der Waals surface area contributed by atoms with Gasteiger partial charge < -0.3 is 0 Å². The van der Waals surface area contributed by atoms with Crippen LogP contribution in [0.4, 0.5) is 0 Å². The van der Waals surface area contributed by atoms with Gasteiger partial charge in [0.25, 0.3) is 0 Å². The highest BCUT2D eigenvalue weighted by Crippen LogP contribution is 2.20. The fourth-order valence-corrected chi connectivity index (χ4v) is 1.43. The molecule has 1 radical (unpaired) electrons. The quantitative estimate of drug-likeness (QED) is 0.527. The minimum atomic E-state index is 1.21. The van der Waals surface area contributed by atoms with E-state index in [-0.39, 0.29) is 0 Å². The van der Waals surface area contributed by atoms with Crippen molar-refractivity contribution in [3.05, 3.63) is 42.0 Å². The zero-order valence-corrected chi connectivity index (χ0v) is 6.46. The normalized spacial score (nSPS) is 15.8. The first kappa shape index (κ1) is 6.72. The van der Waals surface area contributed by atoms with Crippen LogP contribution in [0.3, 0.4) is 0 Å². The summed E-state index contributed by atoms with van der Waals surface area (Å²) in [6.45, 7) is 0. The third-order valence-corrected chi connectivity index (χ3v) is 2.00. The molecule has 0 aromatic heterocycles. The molecule has 11 heavy (non-hydrogen) atoms. The van der Waals surface area contributed by atoms with Crippen LogP contribution in [0.25, 0.3) is 5.47 Å². The van der Waals surface area contributed by atoms with Crippen molar-refractivity contribution >= 4 is 12.8 Å². The molecular weight excluding hydrogens is 131 g/mol. The topological polar surface area (TPSA) is 0 Å². The van der Waals surface area contributed by atoms with E-state index < -0.39 is 0 Å². The van der Waals surface area contributed by atoms with Gasteiger partial charge in [0.1, 0.15) is 0 Å². The Labute approximate surface area is 68.2 Å². The number of hydrogen-bond donors (Lipinski definition) is 0. The molecule has 0 atom stereocenters. The van der Waals surface area contributed by atoms with Crippen LogP contribution in [-0.2, 0) is 0 Å². The van der Waals surface area contributed by atoms with Gasteiger partial charge in [-0.25, -0.2) is 0 Å². The van der Waals surface area contributed by atoms with Crippen LogP contribution in [0.1, 0.15) is 12.0 Å². The van der Waals surface area contributed by atoms with Gasteiger partial charge >= 0.3 is 0 Å². The maximum absolute atomic E-state index is 2.30. The Morgan fingerprint density at radius 1 is 1.09 bits per heavy atom. The average Bonchev–Trinajstić information content (AvgIpc) is 2.58. The van der Waals surface area contributed by atoms with Crippen LogP contribution in [0.2, 0.25) is 6.32 Å². The minimum absolute atomic E-state index is 1.21. The van der Waals surface area contributed by atoms with E-state index in [4.69, 9.17) is 0 Å². The third kappa shape index (κ3) is 1.37. The van der Waals surface area contributed by atoms with Crippen molar-refractivity contribution in [1.82, 2.24) is 0 Å². The Balaban J connectivity index is 2.29. The Morgan fingerprint density at radius 2 is 1.91 bits per heavy atom. The molecule has 0 N–H and O–H groups in total. The van der Waals surface area contributed by atoms with Gasteiger partial charge in [0.2, 0.25) is 0 Å². The molecule has 1 aromatic carbocycles. The van der Waals surface area contributed by atoms with Crippen LogP contribution in [0, 0.1) is 0 Å². The molecule has 0 fully saturated rings. The first-order chi connectivity index (χ1) is 5.47. The number of rotatable bonds is 1. The number of benzene rings is 1. The van der Waals surface area contributed by atoms with Crippen molar-refractivity contribution in [2.24, 2.45) is 0 Å². The molecule has 0 nitrogen and oxygen atoms in total. The lowest BCUT2D eigenvalue weighted by Gasteiger charge is -1.98. The second-order valence-corrected chi connectivity index (χ2v) is 2.81. The maximum Gasteiger partial charge on any atom is 0.152 e. The molecule has 0 bridgehead atoms. The van der Waals surface area contributed by atoms with Gasteiger partial charge in [-0.15, -0.1) is 0 Å². The SMILES string of the molecule is [B]1CCC=C1c1ccccc1. The summed E-state index contributed by atoms with van der Waals surface area (Å²) in [6.07, 6.45) is 4.73. The predicted octanol–water partition coefficient (Wildman–Crippen LogP) is 2.55. The molecule has 1 heterocycles. The third-order valence-electron chi connectivity index (χ3n) is 2.00. The molecule has 0 saturated carbocycles. The van der Waals surface area contributed by atoms with Gasteiger partial charge in [-0.1, -0.05) is 48.2 Å². The van der Waals surface area contributed by atoms with Crippen LogP contribution >= 0.6 is 0 Å². The zero-order chi connectivity index (χ0) is 7.52. The van der Waals surface area contributed by atoms with Crippen molar-refractivity contribution in [2.45, 2.75) is 12.7 Å². The Bertz CT molecular complexity index is 261. The van der Waals surface area contributed by atoms with E-state index in [1.54, 1.807) is 0 Å². The van der Waals surface area contributed by atoms with Gasteiger partial charge in [-0.05, 0) is 12.0 Å². The summed E-state index contributed by atoms with van der Waals surface area (Å²) in [5, 5.41) is 0. The first-order valence-corrected chi connectivity index (χ1v) is 4.05. The molecule has 2 rings (SSSR count). The lowest BCUT2D eigenvalue weighted by Crippen LogP contribution is -1.87. The average molecular weight is 141 g/mol. The number of hydrogen-bond acceptors (Lipinski definition) is 0. The molecule has 53 valence electrons. The van der Waals surface area contributed by atoms with Gasteiger partial charge in [0.05, 0.1) is 0 Å². The molecule has 1 aliphatic heterocycles.